The highest BCUT2D eigenvalue weighted by molar-refractivity contribution is 9.10. The number of unbranched alkanes of at least 4 members (excludes halogenated alkanes) is 1. The van der Waals surface area contributed by atoms with Crippen LogP contribution in [0.5, 0.6) is 5.75 Å². The summed E-state index contributed by atoms with van der Waals surface area (Å²) in [5, 5.41) is 10.2. The summed E-state index contributed by atoms with van der Waals surface area (Å²) in [5.74, 6) is -0.543. The molecule has 3 rings (SSSR count). The number of rotatable bonds is 10. The molecule has 158 valence electrons. The third-order valence-electron chi connectivity index (χ3n) is 4.24. The van der Waals surface area contributed by atoms with Gasteiger partial charge in [-0.15, -0.1) is 0 Å². The lowest BCUT2D eigenvalue weighted by molar-refractivity contribution is -0.145. The number of aromatic nitrogens is 1. The fourth-order valence-corrected chi connectivity index (χ4v) is 3.34. The van der Waals surface area contributed by atoms with E-state index in [9.17, 15) is 9.90 Å². The van der Waals surface area contributed by atoms with E-state index in [-0.39, 0.29) is 5.89 Å². The van der Waals surface area contributed by atoms with Gasteiger partial charge in [-0.3, -0.25) is 0 Å². The lowest BCUT2D eigenvalue weighted by Crippen LogP contribution is -2.18. The third kappa shape index (κ3) is 5.84. The monoisotopic (exact) mass is 493 g/mol. The molecule has 1 unspecified atom stereocenters. The van der Waals surface area contributed by atoms with Gasteiger partial charge in [0, 0.05) is 21.7 Å². The molecular weight excluding hydrogens is 474 g/mol. The molecule has 0 aliphatic heterocycles. The quantitative estimate of drug-likeness (QED) is 0.334. The second-order valence-electron chi connectivity index (χ2n) is 6.58. The van der Waals surface area contributed by atoms with Crippen LogP contribution in [0.3, 0.4) is 0 Å². The topological polar surface area (TPSA) is 81.8 Å². The molecule has 0 bridgehead atoms. The van der Waals surface area contributed by atoms with Gasteiger partial charge in [0.25, 0.3) is 0 Å². The summed E-state index contributed by atoms with van der Waals surface area (Å²) >= 11 is 9.51. The predicted molar refractivity (Wildman–Crippen MR) is 117 cm³/mol. The largest absolute Gasteiger partial charge is 0.478 e. The highest BCUT2D eigenvalue weighted by Gasteiger charge is 2.25. The first kappa shape index (κ1) is 22.3. The fourth-order valence-electron chi connectivity index (χ4n) is 2.75. The van der Waals surface area contributed by atoms with E-state index in [4.69, 9.17) is 25.5 Å². The first-order valence-corrected chi connectivity index (χ1v) is 10.6. The van der Waals surface area contributed by atoms with Crippen LogP contribution >= 0.6 is 27.5 Å². The first-order valence-electron chi connectivity index (χ1n) is 9.45. The number of carboxylic acids is 1. The molecule has 3 aromatic rings. The van der Waals surface area contributed by atoms with Gasteiger partial charge in [-0.05, 0) is 36.8 Å². The van der Waals surface area contributed by atoms with Crippen molar-refractivity contribution in [2.24, 2.45) is 0 Å². The smallest absolute Gasteiger partial charge is 0.349 e. The van der Waals surface area contributed by atoms with E-state index in [0.717, 1.165) is 17.3 Å². The Hall–Kier alpha value is -2.35. The molecule has 1 atom stereocenters. The number of nitrogens with zero attached hydrogens (tertiary/aromatic N) is 1. The molecular formula is C22H21BrClNO5. The number of carbonyl (C=O) groups is 1. The summed E-state index contributed by atoms with van der Waals surface area (Å²) < 4.78 is 17.8. The predicted octanol–water partition coefficient (Wildman–Crippen LogP) is 6.28. The molecule has 0 fully saturated rings. The Labute approximate surface area is 187 Å². The average Bonchev–Trinajstić information content (AvgIpc) is 3.19. The number of hydrogen-bond donors (Lipinski definition) is 1. The highest BCUT2D eigenvalue weighted by Crippen LogP contribution is 2.35. The maximum absolute atomic E-state index is 11.9. The number of halogens is 2. The minimum Gasteiger partial charge on any atom is -0.478 e. The lowest BCUT2D eigenvalue weighted by Gasteiger charge is -2.17. The van der Waals surface area contributed by atoms with Gasteiger partial charge in [-0.2, -0.15) is 0 Å². The number of oxazole rings is 1. The van der Waals surface area contributed by atoms with Gasteiger partial charge in [0.1, 0.15) is 17.7 Å². The molecule has 1 heterocycles. The summed E-state index contributed by atoms with van der Waals surface area (Å²) in [6.07, 6.45) is 2.32. The highest BCUT2D eigenvalue weighted by atomic mass is 79.9. The summed E-state index contributed by atoms with van der Waals surface area (Å²) in [7, 11) is 0. The SMILES string of the molecule is CCCCOCc1coc(-c2cc(Cl)ccc2OC(C(=O)O)c2cccc(Br)c2)n1. The molecule has 0 saturated heterocycles. The number of benzene rings is 2. The summed E-state index contributed by atoms with van der Waals surface area (Å²) in [4.78, 5) is 16.3. The molecule has 0 radical (unpaired) electrons. The van der Waals surface area contributed by atoms with Crippen molar-refractivity contribution in [2.45, 2.75) is 32.5 Å². The first-order chi connectivity index (χ1) is 14.5. The van der Waals surface area contributed by atoms with Crippen LogP contribution in [0, 0.1) is 0 Å². The van der Waals surface area contributed by atoms with Crippen LogP contribution in [-0.2, 0) is 16.1 Å². The van der Waals surface area contributed by atoms with Gasteiger partial charge >= 0.3 is 5.97 Å². The van der Waals surface area contributed by atoms with Crippen LogP contribution in [0.1, 0.15) is 37.1 Å². The van der Waals surface area contributed by atoms with Crippen LogP contribution in [0.2, 0.25) is 5.02 Å². The van der Waals surface area contributed by atoms with Gasteiger partial charge in [-0.1, -0.05) is 53.0 Å². The van der Waals surface area contributed by atoms with E-state index in [2.05, 4.69) is 27.8 Å². The van der Waals surface area contributed by atoms with Crippen LogP contribution < -0.4 is 4.74 Å². The molecule has 1 N–H and O–H groups in total. The van der Waals surface area contributed by atoms with Crippen molar-refractivity contribution >= 4 is 33.5 Å². The Kier molecular flexibility index (Phi) is 7.90. The molecule has 30 heavy (non-hydrogen) atoms. The zero-order valence-corrected chi connectivity index (χ0v) is 18.6. The van der Waals surface area contributed by atoms with E-state index in [0.29, 0.717) is 40.8 Å². The Bertz CT molecular complexity index is 1010. The number of ether oxygens (including phenoxy) is 2. The number of hydrogen-bond acceptors (Lipinski definition) is 5. The van der Waals surface area contributed by atoms with E-state index < -0.39 is 12.1 Å². The second kappa shape index (κ2) is 10.6. The van der Waals surface area contributed by atoms with Crippen molar-refractivity contribution in [1.82, 2.24) is 4.98 Å². The Morgan fingerprint density at radius 1 is 1.30 bits per heavy atom. The molecule has 0 aliphatic carbocycles. The molecule has 8 heteroatoms. The van der Waals surface area contributed by atoms with Crippen LogP contribution in [0.15, 0.2) is 57.6 Å². The van der Waals surface area contributed by atoms with Crippen molar-refractivity contribution in [3.8, 4) is 17.2 Å². The van der Waals surface area contributed by atoms with Crippen molar-refractivity contribution in [1.29, 1.82) is 0 Å². The Morgan fingerprint density at radius 2 is 2.13 bits per heavy atom. The molecule has 1 aromatic heterocycles. The van der Waals surface area contributed by atoms with Crippen molar-refractivity contribution in [2.75, 3.05) is 6.61 Å². The Balaban J connectivity index is 1.86. The number of carboxylic acid groups (broad SMARTS) is 1. The zero-order valence-electron chi connectivity index (χ0n) is 16.3. The fraction of sp³-hybridized carbons (Fsp3) is 0.273. The Morgan fingerprint density at radius 3 is 2.87 bits per heavy atom. The maximum atomic E-state index is 11.9. The van der Waals surface area contributed by atoms with Crippen LogP contribution in [0.25, 0.3) is 11.5 Å². The van der Waals surface area contributed by atoms with E-state index >= 15 is 0 Å². The van der Waals surface area contributed by atoms with Gasteiger partial charge in [0.05, 0.1) is 12.2 Å². The van der Waals surface area contributed by atoms with Crippen molar-refractivity contribution < 1.29 is 23.8 Å². The van der Waals surface area contributed by atoms with Gasteiger partial charge in [0.15, 0.2) is 0 Å². The lowest BCUT2D eigenvalue weighted by atomic mass is 10.1. The van der Waals surface area contributed by atoms with Gasteiger partial charge < -0.3 is 19.0 Å². The summed E-state index contributed by atoms with van der Waals surface area (Å²) in [5.41, 5.74) is 1.59. The molecule has 0 amide bonds. The van der Waals surface area contributed by atoms with Crippen molar-refractivity contribution in [3.05, 3.63) is 69.5 Å². The van der Waals surface area contributed by atoms with Crippen LogP contribution in [0.4, 0.5) is 0 Å². The zero-order chi connectivity index (χ0) is 21.5. The standard InChI is InChI=1S/C22H21BrClNO5/c1-2-3-9-28-12-17-13-29-21(25-17)18-11-16(24)7-8-19(18)30-20(22(26)27)14-5-4-6-15(23)10-14/h4-8,10-11,13,20H,2-3,9,12H2,1H3,(H,26,27). The number of aliphatic carboxylic acids is 1. The average molecular weight is 495 g/mol. The molecule has 0 saturated carbocycles. The minimum atomic E-state index is -1.21. The molecule has 0 aliphatic rings. The molecule has 0 spiro atoms. The van der Waals surface area contributed by atoms with Gasteiger partial charge in [0.2, 0.25) is 12.0 Å². The van der Waals surface area contributed by atoms with Crippen molar-refractivity contribution in [3.63, 3.8) is 0 Å². The van der Waals surface area contributed by atoms with E-state index in [1.807, 2.05) is 6.07 Å². The van der Waals surface area contributed by atoms with E-state index in [1.165, 1.54) is 6.26 Å². The molecule has 6 nitrogen and oxygen atoms in total. The van der Waals surface area contributed by atoms with Gasteiger partial charge in [-0.25, -0.2) is 9.78 Å². The maximum Gasteiger partial charge on any atom is 0.349 e. The normalized spacial score (nSPS) is 12.0. The second-order valence-corrected chi connectivity index (χ2v) is 7.93. The summed E-state index contributed by atoms with van der Waals surface area (Å²) in [6, 6.07) is 11.8. The van der Waals surface area contributed by atoms with Crippen LogP contribution in [-0.4, -0.2) is 22.7 Å². The summed E-state index contributed by atoms with van der Waals surface area (Å²) in [6.45, 7) is 3.07. The van der Waals surface area contributed by atoms with E-state index in [1.54, 1.807) is 36.4 Å². The minimum absolute atomic E-state index is 0.278. The third-order valence-corrected chi connectivity index (χ3v) is 4.96. The molecule has 2 aromatic carbocycles.